The van der Waals surface area contributed by atoms with Crippen LogP contribution in [0.1, 0.15) is 42.6 Å². The zero-order valence-electron chi connectivity index (χ0n) is 20.4. The predicted octanol–water partition coefficient (Wildman–Crippen LogP) is 3.89. The summed E-state index contributed by atoms with van der Waals surface area (Å²) in [6.07, 6.45) is 1.51. The molecule has 1 spiro atoms. The molecule has 6 nitrogen and oxygen atoms in total. The third-order valence-electron chi connectivity index (χ3n) is 7.97. The number of methoxy groups -OCH3 is 1. The van der Waals surface area contributed by atoms with Crippen LogP contribution >= 0.6 is 0 Å². The molecule has 3 aromatic rings. The fourth-order valence-corrected chi connectivity index (χ4v) is 6.17. The highest BCUT2D eigenvalue weighted by Gasteiger charge is 2.48. The molecule has 186 valence electrons. The fraction of sp³-hybridized carbons (Fsp3) is 0.444. The molecule has 1 aromatic heterocycles. The number of rotatable bonds is 4. The largest absolute Gasteiger partial charge is 0.497 e. The maximum absolute atomic E-state index is 14.6. The van der Waals surface area contributed by atoms with Gasteiger partial charge in [0, 0.05) is 68.3 Å². The molecule has 35 heavy (non-hydrogen) atoms. The van der Waals surface area contributed by atoms with E-state index in [2.05, 4.69) is 15.5 Å². The van der Waals surface area contributed by atoms with Crippen LogP contribution < -0.4 is 4.74 Å². The van der Waals surface area contributed by atoms with Gasteiger partial charge in [-0.2, -0.15) is 0 Å². The van der Waals surface area contributed by atoms with Crippen molar-refractivity contribution in [3.05, 3.63) is 64.9 Å². The highest BCUT2D eigenvalue weighted by Crippen LogP contribution is 2.50. The van der Waals surface area contributed by atoms with E-state index < -0.39 is 11.6 Å². The molecule has 2 aromatic carbocycles. The standard InChI is InChI=1S/C27H31F2N3O3/c1-17(34)31-10-8-27(9-11-31)16-32(14-18-12-19(28)4-7-22(18)29)24(15-33)26-25(27)21-6-5-20(35-3)13-23(21)30(26)2/h4-7,12-13,24,33H,8-11,14-16H2,1-3H3/t24-/m0/s1. The quantitative estimate of drug-likeness (QED) is 0.612. The number of piperidine rings is 1. The predicted molar refractivity (Wildman–Crippen MR) is 129 cm³/mol. The first kappa shape index (κ1) is 23.8. The average molecular weight is 484 g/mol. The summed E-state index contributed by atoms with van der Waals surface area (Å²) >= 11 is 0. The molecule has 0 bridgehead atoms. The van der Waals surface area contributed by atoms with Gasteiger partial charge in [-0.3, -0.25) is 9.69 Å². The Morgan fingerprint density at radius 2 is 1.91 bits per heavy atom. The molecule has 8 heteroatoms. The van der Waals surface area contributed by atoms with Crippen molar-refractivity contribution < 1.29 is 23.4 Å². The van der Waals surface area contributed by atoms with E-state index in [0.29, 0.717) is 19.6 Å². The molecule has 2 aliphatic heterocycles. The molecule has 0 aliphatic carbocycles. The highest BCUT2D eigenvalue weighted by molar-refractivity contribution is 5.88. The molecule has 0 unspecified atom stereocenters. The second kappa shape index (κ2) is 8.91. The van der Waals surface area contributed by atoms with E-state index >= 15 is 0 Å². The minimum Gasteiger partial charge on any atom is -0.497 e. The molecule has 3 heterocycles. The number of likely N-dealkylation sites (tertiary alicyclic amines) is 1. The lowest BCUT2D eigenvalue weighted by molar-refractivity contribution is -0.130. The zero-order chi connectivity index (χ0) is 24.9. The molecular formula is C27H31F2N3O3. The van der Waals surface area contributed by atoms with Gasteiger partial charge in [0.05, 0.1) is 25.3 Å². The number of aryl methyl sites for hydroxylation is 1. The van der Waals surface area contributed by atoms with Crippen LogP contribution in [0.25, 0.3) is 10.9 Å². The Morgan fingerprint density at radius 3 is 2.57 bits per heavy atom. The van der Waals surface area contributed by atoms with Gasteiger partial charge in [-0.15, -0.1) is 0 Å². The Balaban J connectivity index is 1.67. The molecular weight excluding hydrogens is 452 g/mol. The van der Waals surface area contributed by atoms with Crippen molar-refractivity contribution in [1.29, 1.82) is 0 Å². The van der Waals surface area contributed by atoms with Gasteiger partial charge < -0.3 is 19.3 Å². The Hall–Kier alpha value is -2.97. The van der Waals surface area contributed by atoms with E-state index in [4.69, 9.17) is 4.74 Å². The summed E-state index contributed by atoms with van der Waals surface area (Å²) in [5, 5.41) is 11.7. The second-order valence-electron chi connectivity index (χ2n) is 9.83. The smallest absolute Gasteiger partial charge is 0.219 e. The summed E-state index contributed by atoms with van der Waals surface area (Å²) in [6.45, 7) is 3.46. The molecule has 1 fully saturated rings. The van der Waals surface area contributed by atoms with Gasteiger partial charge >= 0.3 is 0 Å². The van der Waals surface area contributed by atoms with Crippen molar-refractivity contribution >= 4 is 16.8 Å². The normalized spacial score (nSPS) is 19.8. The van der Waals surface area contributed by atoms with Gasteiger partial charge in [-0.05, 0) is 48.7 Å². The summed E-state index contributed by atoms with van der Waals surface area (Å²) in [5.41, 5.74) is 3.15. The number of benzene rings is 2. The van der Waals surface area contributed by atoms with Gasteiger partial charge in [0.15, 0.2) is 0 Å². The first-order valence-corrected chi connectivity index (χ1v) is 12.0. The minimum absolute atomic E-state index is 0.0606. The lowest BCUT2D eigenvalue weighted by Gasteiger charge is -2.50. The number of nitrogens with zero attached hydrogens (tertiary/aromatic N) is 3. The summed E-state index contributed by atoms with van der Waals surface area (Å²) in [7, 11) is 3.61. The molecule has 1 amide bonds. The van der Waals surface area contributed by atoms with Crippen molar-refractivity contribution in [3.8, 4) is 5.75 Å². The third-order valence-corrected chi connectivity index (χ3v) is 7.97. The monoisotopic (exact) mass is 483 g/mol. The number of carbonyl (C=O) groups is 1. The van der Waals surface area contributed by atoms with E-state index in [1.807, 2.05) is 24.1 Å². The van der Waals surface area contributed by atoms with Gasteiger partial charge in [-0.25, -0.2) is 8.78 Å². The molecule has 0 radical (unpaired) electrons. The number of fused-ring (bicyclic) bond motifs is 4. The number of carbonyl (C=O) groups excluding carboxylic acids is 1. The minimum atomic E-state index is -0.485. The van der Waals surface area contributed by atoms with Crippen molar-refractivity contribution in [2.75, 3.05) is 33.4 Å². The lowest BCUT2D eigenvalue weighted by atomic mass is 9.68. The number of aliphatic hydroxyl groups is 1. The highest BCUT2D eigenvalue weighted by atomic mass is 19.1. The number of ether oxygens (including phenoxy) is 1. The van der Waals surface area contributed by atoms with Crippen molar-refractivity contribution in [2.24, 2.45) is 7.05 Å². The maximum atomic E-state index is 14.6. The summed E-state index contributed by atoms with van der Waals surface area (Å²) in [5.74, 6) is -0.141. The van der Waals surface area contributed by atoms with E-state index in [9.17, 15) is 18.7 Å². The first-order valence-electron chi connectivity index (χ1n) is 12.0. The molecule has 5 rings (SSSR count). The number of aromatic nitrogens is 1. The van der Waals surface area contributed by atoms with Crippen LogP contribution in [0.15, 0.2) is 36.4 Å². The van der Waals surface area contributed by atoms with Crippen LogP contribution in [-0.4, -0.2) is 58.7 Å². The molecule has 1 N–H and O–H groups in total. The molecule has 2 aliphatic rings. The summed E-state index contributed by atoms with van der Waals surface area (Å²) in [4.78, 5) is 16.0. The SMILES string of the molecule is COc1ccc2c3c(n(C)c2c1)[C@H](CO)N(Cc1cc(F)ccc1F)CC31CCN(C(C)=O)CC1. The van der Waals surface area contributed by atoms with Gasteiger partial charge in [-0.1, -0.05) is 0 Å². The molecule has 1 atom stereocenters. The maximum Gasteiger partial charge on any atom is 0.219 e. The number of hydrogen-bond donors (Lipinski definition) is 1. The topological polar surface area (TPSA) is 57.9 Å². The van der Waals surface area contributed by atoms with Crippen LogP contribution in [0.4, 0.5) is 8.78 Å². The lowest BCUT2D eigenvalue weighted by Crippen LogP contribution is -2.54. The molecule has 1 saturated heterocycles. The van der Waals surface area contributed by atoms with E-state index in [1.54, 1.807) is 14.0 Å². The average Bonchev–Trinajstić information content (AvgIpc) is 3.14. The summed E-state index contributed by atoms with van der Waals surface area (Å²) < 4.78 is 36.2. The second-order valence-corrected chi connectivity index (χ2v) is 9.83. The number of aliphatic hydroxyl groups excluding tert-OH is 1. The Kier molecular flexibility index (Phi) is 6.05. The first-order chi connectivity index (χ1) is 16.8. The van der Waals surface area contributed by atoms with E-state index in [-0.39, 0.29) is 36.1 Å². The van der Waals surface area contributed by atoms with Crippen LogP contribution in [0.2, 0.25) is 0 Å². The Morgan fingerprint density at radius 1 is 1.17 bits per heavy atom. The van der Waals surface area contributed by atoms with Crippen molar-refractivity contribution in [2.45, 2.75) is 37.8 Å². The van der Waals surface area contributed by atoms with Crippen LogP contribution in [0, 0.1) is 11.6 Å². The Bertz CT molecular complexity index is 1280. The summed E-state index contributed by atoms with van der Waals surface area (Å²) in [6, 6.07) is 9.14. The van der Waals surface area contributed by atoms with Crippen molar-refractivity contribution in [3.63, 3.8) is 0 Å². The third kappa shape index (κ3) is 3.89. The van der Waals surface area contributed by atoms with E-state index in [0.717, 1.165) is 47.3 Å². The Labute approximate surface area is 203 Å². The molecule has 0 saturated carbocycles. The fourth-order valence-electron chi connectivity index (χ4n) is 6.17. The number of amides is 1. The zero-order valence-corrected chi connectivity index (χ0v) is 20.4. The van der Waals surface area contributed by atoms with Gasteiger partial charge in [0.25, 0.3) is 0 Å². The van der Waals surface area contributed by atoms with E-state index in [1.165, 1.54) is 11.6 Å². The van der Waals surface area contributed by atoms with Crippen molar-refractivity contribution in [1.82, 2.24) is 14.4 Å². The van der Waals surface area contributed by atoms with Crippen LogP contribution in [-0.2, 0) is 23.8 Å². The van der Waals surface area contributed by atoms with Crippen LogP contribution in [0.3, 0.4) is 0 Å². The van der Waals surface area contributed by atoms with Gasteiger partial charge in [0.1, 0.15) is 17.4 Å². The number of halogens is 2. The van der Waals surface area contributed by atoms with Gasteiger partial charge in [0.2, 0.25) is 5.91 Å². The van der Waals surface area contributed by atoms with Crippen LogP contribution in [0.5, 0.6) is 5.75 Å². The number of hydrogen-bond acceptors (Lipinski definition) is 4.